The Hall–Kier alpha value is -2.70. The van der Waals surface area contributed by atoms with Gasteiger partial charge >= 0.3 is 0 Å². The van der Waals surface area contributed by atoms with Crippen molar-refractivity contribution in [3.05, 3.63) is 35.2 Å². The van der Waals surface area contributed by atoms with Gasteiger partial charge in [0.1, 0.15) is 5.82 Å². The van der Waals surface area contributed by atoms with Crippen molar-refractivity contribution in [2.45, 2.75) is 44.4 Å². The predicted molar refractivity (Wildman–Crippen MR) is 97.9 cm³/mol. The molecule has 2 aromatic heterocycles. The van der Waals surface area contributed by atoms with Crippen molar-refractivity contribution in [3.8, 4) is 5.88 Å². The van der Waals surface area contributed by atoms with E-state index < -0.39 is 5.41 Å². The number of nitrogen functional groups attached to an aromatic ring is 1. The maximum absolute atomic E-state index is 13.4. The summed E-state index contributed by atoms with van der Waals surface area (Å²) in [5.74, 6) is 1.50. The van der Waals surface area contributed by atoms with E-state index in [0.29, 0.717) is 18.1 Å². The van der Waals surface area contributed by atoms with Crippen molar-refractivity contribution >= 4 is 17.7 Å². The molecule has 2 aromatic rings. The van der Waals surface area contributed by atoms with Gasteiger partial charge in [-0.3, -0.25) is 4.79 Å². The average molecular weight is 353 g/mol. The largest absolute Gasteiger partial charge is 0.481 e. The molecule has 0 spiro atoms. The molecule has 1 saturated carbocycles. The second-order valence-corrected chi connectivity index (χ2v) is 7.17. The number of ether oxygens (including phenoxy) is 1. The monoisotopic (exact) mass is 353 g/mol. The van der Waals surface area contributed by atoms with E-state index in [2.05, 4.69) is 20.3 Å². The van der Waals surface area contributed by atoms with Crippen molar-refractivity contribution < 1.29 is 9.53 Å². The lowest BCUT2D eigenvalue weighted by molar-refractivity contribution is -0.124. The highest BCUT2D eigenvalue weighted by Crippen LogP contribution is 2.48. The fraction of sp³-hybridized carbons (Fsp3) is 0.474. The van der Waals surface area contributed by atoms with E-state index in [0.717, 1.165) is 42.5 Å². The number of pyridine rings is 1. The van der Waals surface area contributed by atoms with E-state index in [-0.39, 0.29) is 17.8 Å². The zero-order valence-corrected chi connectivity index (χ0v) is 15.1. The summed E-state index contributed by atoms with van der Waals surface area (Å²) in [4.78, 5) is 26.3. The summed E-state index contributed by atoms with van der Waals surface area (Å²) < 4.78 is 5.18. The number of hydrogen-bond donors (Lipinski definition) is 2. The van der Waals surface area contributed by atoms with Crippen LogP contribution in [0.1, 0.15) is 42.5 Å². The number of amides is 1. The quantitative estimate of drug-likeness (QED) is 0.878. The number of rotatable bonds is 3. The summed E-state index contributed by atoms with van der Waals surface area (Å²) >= 11 is 0. The van der Waals surface area contributed by atoms with Crippen molar-refractivity contribution in [1.82, 2.24) is 15.0 Å². The molecular formula is C19H23N5O2. The Kier molecular flexibility index (Phi) is 4.01. The van der Waals surface area contributed by atoms with Gasteiger partial charge in [-0.15, -0.1) is 0 Å². The van der Waals surface area contributed by atoms with Crippen LogP contribution in [0.4, 0.5) is 11.8 Å². The molecule has 0 radical (unpaired) electrons. The zero-order valence-electron chi connectivity index (χ0n) is 15.1. The number of aryl methyl sites for hydroxylation is 1. The molecule has 1 fully saturated rings. The van der Waals surface area contributed by atoms with Gasteiger partial charge in [0.05, 0.1) is 12.5 Å². The Labute approximate surface area is 152 Å². The summed E-state index contributed by atoms with van der Waals surface area (Å²) in [6, 6.07) is 3.78. The third-order valence-electron chi connectivity index (χ3n) is 5.84. The number of carbonyl (C=O) groups excluding carboxylic acids is 1. The molecule has 3 N–H and O–H groups in total. The number of methoxy groups -OCH3 is 1. The Morgan fingerprint density at radius 2 is 2.04 bits per heavy atom. The summed E-state index contributed by atoms with van der Waals surface area (Å²) in [6.07, 6.45) is 6.70. The highest BCUT2D eigenvalue weighted by molar-refractivity contribution is 6.02. The smallest absolute Gasteiger partial charge is 0.236 e. The van der Waals surface area contributed by atoms with Gasteiger partial charge in [0.15, 0.2) is 0 Å². The minimum absolute atomic E-state index is 0.0265. The molecule has 0 saturated heterocycles. The predicted octanol–water partition coefficient (Wildman–Crippen LogP) is 2.39. The molecule has 4 rings (SSSR count). The van der Waals surface area contributed by atoms with E-state index in [1.54, 1.807) is 13.3 Å². The summed E-state index contributed by atoms with van der Waals surface area (Å²) in [5, 5.41) is 3.01. The molecule has 0 aromatic carbocycles. The first-order valence-corrected chi connectivity index (χ1v) is 8.99. The molecule has 1 atom stereocenters. The molecule has 7 heteroatoms. The first-order chi connectivity index (χ1) is 12.5. The molecule has 136 valence electrons. The number of carbonyl (C=O) groups is 1. The fourth-order valence-corrected chi connectivity index (χ4v) is 4.49. The van der Waals surface area contributed by atoms with Gasteiger partial charge in [-0.05, 0) is 37.7 Å². The third kappa shape index (κ3) is 2.50. The van der Waals surface area contributed by atoms with Gasteiger partial charge in [0.2, 0.25) is 17.7 Å². The van der Waals surface area contributed by atoms with Gasteiger partial charge < -0.3 is 15.8 Å². The van der Waals surface area contributed by atoms with E-state index in [9.17, 15) is 4.79 Å². The van der Waals surface area contributed by atoms with Gasteiger partial charge in [0.25, 0.3) is 0 Å². The van der Waals surface area contributed by atoms with E-state index >= 15 is 0 Å². The number of hydrogen-bond acceptors (Lipinski definition) is 6. The maximum Gasteiger partial charge on any atom is 0.236 e. The second kappa shape index (κ2) is 6.23. The Balaban J connectivity index is 1.86. The van der Waals surface area contributed by atoms with Crippen molar-refractivity contribution in [2.24, 2.45) is 5.92 Å². The van der Waals surface area contributed by atoms with E-state index in [4.69, 9.17) is 10.5 Å². The topological polar surface area (TPSA) is 103 Å². The second-order valence-electron chi connectivity index (χ2n) is 7.17. The zero-order chi connectivity index (χ0) is 18.3. The lowest BCUT2D eigenvalue weighted by atomic mass is 9.64. The molecule has 26 heavy (non-hydrogen) atoms. The average Bonchev–Trinajstić information content (AvgIpc) is 3.16. The fourth-order valence-electron chi connectivity index (χ4n) is 4.49. The number of nitrogens with zero attached hydrogens (tertiary/aromatic N) is 3. The van der Waals surface area contributed by atoms with E-state index in [1.807, 2.05) is 19.1 Å². The molecule has 3 heterocycles. The Morgan fingerprint density at radius 3 is 2.69 bits per heavy atom. The Bertz CT molecular complexity index is 846. The van der Waals surface area contributed by atoms with Gasteiger partial charge in [-0.1, -0.05) is 18.9 Å². The first kappa shape index (κ1) is 16.8. The van der Waals surface area contributed by atoms with Crippen LogP contribution in [0.3, 0.4) is 0 Å². The third-order valence-corrected chi connectivity index (χ3v) is 5.84. The molecule has 2 aliphatic rings. The number of aromatic nitrogens is 3. The molecular weight excluding hydrogens is 330 g/mol. The van der Waals surface area contributed by atoms with Crippen LogP contribution >= 0.6 is 0 Å². The molecule has 1 aliphatic carbocycles. The molecule has 1 aliphatic heterocycles. The minimum Gasteiger partial charge on any atom is -0.481 e. The van der Waals surface area contributed by atoms with Gasteiger partial charge in [-0.25, -0.2) is 9.97 Å². The minimum atomic E-state index is -0.660. The van der Waals surface area contributed by atoms with Crippen LogP contribution < -0.4 is 15.8 Å². The number of nitrogens with one attached hydrogen (secondary N) is 1. The number of nitrogens with two attached hydrogens (primary N) is 1. The van der Waals surface area contributed by atoms with Crippen molar-refractivity contribution in [2.75, 3.05) is 18.2 Å². The highest BCUT2D eigenvalue weighted by Gasteiger charge is 2.51. The van der Waals surface area contributed by atoms with Crippen LogP contribution in [0.25, 0.3) is 0 Å². The molecule has 1 amide bonds. The summed E-state index contributed by atoms with van der Waals surface area (Å²) in [7, 11) is 1.59. The van der Waals surface area contributed by atoms with Crippen LogP contribution in [0.2, 0.25) is 0 Å². The van der Waals surface area contributed by atoms with Crippen molar-refractivity contribution in [1.29, 1.82) is 0 Å². The first-order valence-electron chi connectivity index (χ1n) is 8.99. The molecule has 7 nitrogen and oxygen atoms in total. The number of anilines is 2. The lowest BCUT2D eigenvalue weighted by Crippen LogP contribution is -2.51. The molecule has 0 bridgehead atoms. The Morgan fingerprint density at radius 1 is 1.27 bits per heavy atom. The van der Waals surface area contributed by atoms with Crippen molar-refractivity contribution in [3.63, 3.8) is 0 Å². The SMILES string of the molecule is COc1ccc(C2(C3CCCC3)Cc3c(C)nc(N)nc3NC2=O)cn1. The number of fused-ring (bicyclic) bond motifs is 1. The standard InChI is InChI=1S/C19H23N5O2/c1-11-14-9-19(12-5-3-4-6-12,13-7-8-15(26-2)21-10-13)17(25)23-16(14)24-18(20)22-11/h7-8,10,12H,3-6,9H2,1-2H3,(H3,20,22,23,24,25). The van der Waals surface area contributed by atoms with Gasteiger partial charge in [-0.2, -0.15) is 4.98 Å². The highest BCUT2D eigenvalue weighted by atomic mass is 16.5. The normalized spacial score (nSPS) is 22.8. The summed E-state index contributed by atoms with van der Waals surface area (Å²) in [5.41, 5.74) is 7.80. The van der Waals surface area contributed by atoms with Gasteiger partial charge in [0, 0.05) is 23.5 Å². The van der Waals surface area contributed by atoms with Crippen LogP contribution in [0, 0.1) is 12.8 Å². The van der Waals surface area contributed by atoms with Crippen LogP contribution in [0.15, 0.2) is 18.3 Å². The van der Waals surface area contributed by atoms with Crippen LogP contribution in [-0.4, -0.2) is 28.0 Å². The maximum atomic E-state index is 13.4. The van der Waals surface area contributed by atoms with Crippen LogP contribution in [0.5, 0.6) is 5.88 Å². The molecule has 1 unspecified atom stereocenters. The lowest BCUT2D eigenvalue weighted by Gasteiger charge is -2.41. The summed E-state index contributed by atoms with van der Waals surface area (Å²) in [6.45, 7) is 1.92. The van der Waals surface area contributed by atoms with Crippen LogP contribution in [-0.2, 0) is 16.6 Å². The van der Waals surface area contributed by atoms with E-state index in [1.165, 1.54) is 0 Å².